The molecule has 0 saturated heterocycles. The third-order valence-electron chi connectivity index (χ3n) is 9.51. The molecule has 0 nitrogen and oxygen atoms in total. The van der Waals surface area contributed by atoms with E-state index in [4.69, 9.17) is 4.26 Å². The summed E-state index contributed by atoms with van der Waals surface area (Å²) in [4.78, 5) is 0. The molecule has 39 heavy (non-hydrogen) atoms. The van der Waals surface area contributed by atoms with Crippen LogP contribution in [0.3, 0.4) is 0 Å². The Hall–Kier alpha value is -2.38. The molecule has 1 heteroatoms. The first-order valence-electron chi connectivity index (χ1n) is 14.8. The molecule has 0 bridgehead atoms. The summed E-state index contributed by atoms with van der Waals surface area (Å²) >= 11 is -4.54. The minimum absolute atomic E-state index is 0.0186. The summed E-state index contributed by atoms with van der Waals surface area (Å²) in [6.07, 6.45) is 13.4. The number of benzene rings is 3. The number of hydrogen-bond acceptors (Lipinski definition) is 0. The van der Waals surface area contributed by atoms with Crippen LogP contribution in [-0.4, -0.2) is 4.26 Å². The van der Waals surface area contributed by atoms with Crippen molar-refractivity contribution in [3.8, 4) is 11.1 Å². The molecule has 0 fully saturated rings. The second-order valence-electron chi connectivity index (χ2n) is 14.1. The van der Waals surface area contributed by atoms with Crippen molar-refractivity contribution >= 4 is 10.9 Å². The molecule has 0 unspecified atom stereocenters. The van der Waals surface area contributed by atoms with Crippen LogP contribution in [-0.2, 0) is 35.3 Å². The van der Waals surface area contributed by atoms with Crippen molar-refractivity contribution < 1.29 is 18.0 Å². The van der Waals surface area contributed by atoms with Gasteiger partial charge in [0, 0.05) is 0 Å². The van der Waals surface area contributed by atoms with E-state index in [-0.39, 0.29) is 10.8 Å². The van der Waals surface area contributed by atoms with E-state index in [0.717, 1.165) is 29.9 Å². The molecule has 2 aliphatic rings. The Kier molecular flexibility index (Phi) is 7.16. The monoisotopic (exact) mass is 682 g/mol. The van der Waals surface area contributed by atoms with E-state index >= 15 is 0 Å². The molecule has 202 valence electrons. The van der Waals surface area contributed by atoms with E-state index < -0.39 is 18.0 Å². The van der Waals surface area contributed by atoms with Gasteiger partial charge in [-0.2, -0.15) is 0 Å². The molecule has 0 aromatic heterocycles. The van der Waals surface area contributed by atoms with Crippen LogP contribution in [0.5, 0.6) is 0 Å². The van der Waals surface area contributed by atoms with Gasteiger partial charge in [0.15, 0.2) is 0 Å². The SMILES string of the molecule is C=CCC[CH2][Hf](=[CH2])([C]1=CC=CC1)([c]1ccccc1)[c]1c(C(C)(C)C)ccc2c1Cc1cc(C(C)(C)C)ccc1-2. The van der Waals surface area contributed by atoms with Crippen LogP contribution in [0, 0.1) is 0 Å². The first-order valence-corrected chi connectivity index (χ1v) is 25.2. The Morgan fingerprint density at radius 2 is 1.59 bits per heavy atom. The molecule has 3 aromatic carbocycles. The van der Waals surface area contributed by atoms with Crippen molar-refractivity contribution in [3.05, 3.63) is 117 Å². The van der Waals surface area contributed by atoms with Crippen LogP contribution < -0.4 is 6.64 Å². The zero-order valence-electron chi connectivity index (χ0n) is 25.0. The van der Waals surface area contributed by atoms with Crippen LogP contribution >= 0.6 is 0 Å². The van der Waals surface area contributed by atoms with Gasteiger partial charge in [-0.3, -0.25) is 0 Å². The van der Waals surface area contributed by atoms with Crippen LogP contribution in [0.4, 0.5) is 0 Å². The Morgan fingerprint density at radius 3 is 2.21 bits per heavy atom. The number of fused-ring (bicyclic) bond motifs is 3. The summed E-state index contributed by atoms with van der Waals surface area (Å²) in [6, 6.07) is 23.6. The van der Waals surface area contributed by atoms with Crippen molar-refractivity contribution in [2.45, 2.75) is 82.2 Å². The summed E-state index contributed by atoms with van der Waals surface area (Å²) in [6.45, 7) is 18.3. The number of unbranched alkanes of at least 4 members (excludes halogenated alkanes) is 1. The van der Waals surface area contributed by atoms with E-state index in [1.165, 1.54) is 31.1 Å². The average Bonchev–Trinajstić information content (AvgIpc) is 3.56. The summed E-state index contributed by atoms with van der Waals surface area (Å²) in [5.74, 6) is 0. The summed E-state index contributed by atoms with van der Waals surface area (Å²) in [5.41, 5.74) is 8.97. The van der Waals surface area contributed by atoms with Crippen LogP contribution in [0.15, 0.2) is 94.9 Å². The third kappa shape index (κ3) is 4.59. The molecule has 3 aromatic rings. The fourth-order valence-electron chi connectivity index (χ4n) is 7.35. The fourth-order valence-corrected chi connectivity index (χ4v) is 32.5. The maximum atomic E-state index is 5.64. The van der Waals surface area contributed by atoms with E-state index in [2.05, 4.69) is 133 Å². The average molecular weight is 681 g/mol. The molecular formula is C38H46Hf. The van der Waals surface area contributed by atoms with Gasteiger partial charge < -0.3 is 0 Å². The summed E-state index contributed by atoms with van der Waals surface area (Å²) in [5, 5.41) is 0. The van der Waals surface area contributed by atoms with Crippen molar-refractivity contribution in [2.75, 3.05) is 0 Å². The molecule has 0 aliphatic heterocycles. The van der Waals surface area contributed by atoms with E-state index in [1.54, 1.807) is 12.2 Å². The van der Waals surface area contributed by atoms with Crippen LogP contribution in [0.25, 0.3) is 11.1 Å². The Balaban J connectivity index is 1.90. The van der Waals surface area contributed by atoms with E-state index in [0.29, 0.717) is 0 Å². The molecule has 0 atom stereocenters. The van der Waals surface area contributed by atoms with Gasteiger partial charge in [-0.1, -0.05) is 0 Å². The maximum absolute atomic E-state index is 5.64. The van der Waals surface area contributed by atoms with Crippen molar-refractivity contribution in [2.24, 2.45) is 0 Å². The van der Waals surface area contributed by atoms with Gasteiger partial charge in [-0.05, 0) is 0 Å². The van der Waals surface area contributed by atoms with Gasteiger partial charge in [0.25, 0.3) is 0 Å². The van der Waals surface area contributed by atoms with Crippen LogP contribution in [0.1, 0.15) is 83.1 Å². The second-order valence-corrected chi connectivity index (χ2v) is 34.2. The van der Waals surface area contributed by atoms with Gasteiger partial charge in [-0.25, -0.2) is 0 Å². The summed E-state index contributed by atoms with van der Waals surface area (Å²) in [7, 11) is 0. The number of rotatable bonds is 7. The van der Waals surface area contributed by atoms with Crippen molar-refractivity contribution in [1.82, 2.24) is 0 Å². The van der Waals surface area contributed by atoms with Crippen LogP contribution in [0.2, 0.25) is 4.18 Å². The van der Waals surface area contributed by atoms with Gasteiger partial charge in [0.1, 0.15) is 0 Å². The normalized spacial score (nSPS) is 15.2. The minimum atomic E-state index is -4.54. The topological polar surface area (TPSA) is 0 Å². The molecule has 2 aliphatic carbocycles. The first-order chi connectivity index (χ1) is 18.4. The molecular weight excluding hydrogens is 635 g/mol. The molecule has 0 heterocycles. The Bertz CT molecular complexity index is 1550. The zero-order valence-corrected chi connectivity index (χ0v) is 28.6. The molecule has 0 N–H and O–H groups in total. The first kappa shape index (κ1) is 28.2. The van der Waals surface area contributed by atoms with Gasteiger partial charge in [0.2, 0.25) is 0 Å². The second kappa shape index (κ2) is 9.91. The van der Waals surface area contributed by atoms with E-state index in [1.807, 2.05) is 0 Å². The number of allylic oxidation sites excluding steroid dienone is 5. The van der Waals surface area contributed by atoms with Gasteiger partial charge in [0.05, 0.1) is 0 Å². The van der Waals surface area contributed by atoms with Crippen molar-refractivity contribution in [3.63, 3.8) is 0 Å². The standard InChI is InChI=1S/C21H25.C6H5.C5H5.C5H9.CH2.Hf/c1-20(2,3)16-7-9-18-14(12-16)11-15-13-17(21(4,5)6)8-10-19(15)18;1-2-4-6-5-3-1;1-2-4-5-3-1;1-3-5-4-2;;/h7-10,12H,11H2,1-6H3;1-5H;1-3H,4H2;3H,1-2,4-5H2;1H2;. The third-order valence-corrected chi connectivity index (χ3v) is 34.2. The fraction of sp³-hybridized carbons (Fsp3) is 0.342. The Labute approximate surface area is 238 Å². The van der Waals surface area contributed by atoms with Gasteiger partial charge in [-0.15, -0.1) is 0 Å². The zero-order chi connectivity index (χ0) is 28.1. The predicted molar refractivity (Wildman–Crippen MR) is 171 cm³/mol. The summed E-state index contributed by atoms with van der Waals surface area (Å²) < 4.78 is 11.6. The molecule has 0 spiro atoms. The Morgan fingerprint density at radius 1 is 0.872 bits per heavy atom. The molecule has 0 radical (unpaired) electrons. The molecule has 5 rings (SSSR count). The number of hydrogen-bond donors (Lipinski definition) is 0. The molecule has 0 amide bonds. The quantitative estimate of drug-likeness (QED) is 0.104. The predicted octanol–water partition coefficient (Wildman–Crippen LogP) is 9.15. The van der Waals surface area contributed by atoms with E-state index in [9.17, 15) is 0 Å². The molecule has 0 saturated carbocycles. The van der Waals surface area contributed by atoms with Crippen molar-refractivity contribution in [1.29, 1.82) is 0 Å². The van der Waals surface area contributed by atoms with Gasteiger partial charge >= 0.3 is 239 Å².